The van der Waals surface area contributed by atoms with Crippen molar-refractivity contribution in [3.63, 3.8) is 0 Å². The van der Waals surface area contributed by atoms with Crippen molar-refractivity contribution in [2.24, 2.45) is 7.05 Å². The van der Waals surface area contributed by atoms with Crippen LogP contribution in [-0.2, 0) is 11.8 Å². The molecule has 96 valence electrons. The average molecular weight is 255 g/mol. The minimum atomic E-state index is 0.210. The van der Waals surface area contributed by atoms with Gasteiger partial charge >= 0.3 is 0 Å². The van der Waals surface area contributed by atoms with E-state index in [0.29, 0.717) is 5.75 Å². The molecule has 0 saturated heterocycles. The van der Waals surface area contributed by atoms with E-state index in [2.05, 4.69) is 18.8 Å². The van der Waals surface area contributed by atoms with E-state index in [0.717, 1.165) is 31.1 Å². The molecule has 0 aromatic carbocycles. The van der Waals surface area contributed by atoms with Gasteiger partial charge in [0.1, 0.15) is 0 Å². The minimum absolute atomic E-state index is 0.210. The van der Waals surface area contributed by atoms with Gasteiger partial charge < -0.3 is 9.47 Å². The summed E-state index contributed by atoms with van der Waals surface area (Å²) >= 11 is 1.50. The first kappa shape index (κ1) is 14.1. The van der Waals surface area contributed by atoms with Gasteiger partial charge in [-0.2, -0.15) is 0 Å². The molecule has 0 spiro atoms. The molecular formula is C12H21N3OS. The minimum Gasteiger partial charge on any atom is -0.342 e. The number of nitrogens with zero attached hydrogens (tertiary/aromatic N) is 3. The van der Waals surface area contributed by atoms with Gasteiger partial charge in [0, 0.05) is 32.5 Å². The van der Waals surface area contributed by atoms with Crippen LogP contribution in [0.3, 0.4) is 0 Å². The van der Waals surface area contributed by atoms with Gasteiger partial charge in [-0.05, 0) is 12.8 Å². The third-order valence-electron chi connectivity index (χ3n) is 2.44. The quantitative estimate of drug-likeness (QED) is 0.701. The van der Waals surface area contributed by atoms with Gasteiger partial charge in [0.2, 0.25) is 5.91 Å². The molecule has 0 fully saturated rings. The molecule has 4 nitrogen and oxygen atoms in total. The van der Waals surface area contributed by atoms with Crippen molar-refractivity contribution in [2.45, 2.75) is 31.8 Å². The summed E-state index contributed by atoms with van der Waals surface area (Å²) in [5.41, 5.74) is 0. The van der Waals surface area contributed by atoms with E-state index < -0.39 is 0 Å². The lowest BCUT2D eigenvalue weighted by Crippen LogP contribution is -2.33. The third kappa shape index (κ3) is 4.42. The molecule has 0 radical (unpaired) electrons. The van der Waals surface area contributed by atoms with E-state index >= 15 is 0 Å². The zero-order valence-corrected chi connectivity index (χ0v) is 11.7. The van der Waals surface area contributed by atoms with Crippen LogP contribution in [0, 0.1) is 0 Å². The Bertz CT molecular complexity index is 345. The summed E-state index contributed by atoms with van der Waals surface area (Å²) in [5, 5.41) is 0.895. The zero-order chi connectivity index (χ0) is 12.7. The van der Waals surface area contributed by atoms with Crippen molar-refractivity contribution >= 4 is 17.7 Å². The Balaban J connectivity index is 2.44. The standard InChI is InChI=1S/C12H21N3OS/c1-4-7-15(8-5-2)11(16)10-17-12-13-6-9-14(12)3/h6,9H,4-5,7-8,10H2,1-3H3. The molecule has 1 aromatic heterocycles. The molecule has 1 amide bonds. The number of amides is 1. The van der Waals surface area contributed by atoms with Crippen LogP contribution >= 0.6 is 11.8 Å². The van der Waals surface area contributed by atoms with E-state index in [4.69, 9.17) is 0 Å². The summed E-state index contributed by atoms with van der Waals surface area (Å²) in [6, 6.07) is 0. The lowest BCUT2D eigenvalue weighted by molar-refractivity contribution is -0.128. The molecule has 0 aliphatic rings. The van der Waals surface area contributed by atoms with Crippen LogP contribution in [0.5, 0.6) is 0 Å². The van der Waals surface area contributed by atoms with Crippen LogP contribution < -0.4 is 0 Å². The second-order valence-corrected chi connectivity index (χ2v) is 4.93. The second kappa shape index (κ2) is 7.37. The van der Waals surface area contributed by atoms with Gasteiger partial charge in [0.25, 0.3) is 0 Å². The molecule has 5 heteroatoms. The molecule has 1 aromatic rings. The predicted molar refractivity (Wildman–Crippen MR) is 71.1 cm³/mol. The van der Waals surface area contributed by atoms with E-state index in [-0.39, 0.29) is 5.91 Å². The first-order valence-corrected chi connectivity index (χ1v) is 7.05. The smallest absolute Gasteiger partial charge is 0.233 e. The Morgan fingerprint density at radius 3 is 2.53 bits per heavy atom. The number of carbonyl (C=O) groups excluding carboxylic acids is 1. The SMILES string of the molecule is CCCN(CCC)C(=O)CSc1nccn1C. The number of hydrogen-bond acceptors (Lipinski definition) is 3. The van der Waals surface area contributed by atoms with Gasteiger partial charge in [-0.25, -0.2) is 4.98 Å². The summed E-state index contributed by atoms with van der Waals surface area (Å²) in [7, 11) is 1.94. The van der Waals surface area contributed by atoms with Crippen LogP contribution in [0.25, 0.3) is 0 Å². The number of carbonyl (C=O) groups is 1. The van der Waals surface area contributed by atoms with Crippen molar-refractivity contribution in [3.05, 3.63) is 12.4 Å². The normalized spacial score (nSPS) is 10.5. The van der Waals surface area contributed by atoms with Gasteiger partial charge in [-0.15, -0.1) is 0 Å². The Morgan fingerprint density at radius 2 is 2.06 bits per heavy atom. The molecule has 0 saturated carbocycles. The second-order valence-electron chi connectivity index (χ2n) is 3.99. The summed E-state index contributed by atoms with van der Waals surface area (Å²) in [6.45, 7) is 5.91. The molecule has 0 aliphatic carbocycles. The largest absolute Gasteiger partial charge is 0.342 e. The topological polar surface area (TPSA) is 38.1 Å². The van der Waals surface area contributed by atoms with Gasteiger partial charge in [0.15, 0.2) is 5.16 Å². The Kier molecular flexibility index (Phi) is 6.11. The third-order valence-corrected chi connectivity index (χ3v) is 3.48. The zero-order valence-electron chi connectivity index (χ0n) is 10.8. The van der Waals surface area contributed by atoms with Crippen molar-refractivity contribution in [2.75, 3.05) is 18.8 Å². The van der Waals surface area contributed by atoms with E-state index in [9.17, 15) is 4.79 Å². The maximum atomic E-state index is 12.0. The lowest BCUT2D eigenvalue weighted by Gasteiger charge is -2.21. The number of imidazole rings is 1. The summed E-state index contributed by atoms with van der Waals surface area (Å²) in [4.78, 5) is 18.1. The van der Waals surface area contributed by atoms with Gasteiger partial charge in [-0.1, -0.05) is 25.6 Å². The van der Waals surface area contributed by atoms with Crippen LogP contribution in [0.1, 0.15) is 26.7 Å². The number of thioether (sulfide) groups is 1. The monoisotopic (exact) mass is 255 g/mol. The fourth-order valence-corrected chi connectivity index (χ4v) is 2.44. The van der Waals surface area contributed by atoms with Crippen molar-refractivity contribution in [1.29, 1.82) is 0 Å². The van der Waals surface area contributed by atoms with Crippen molar-refractivity contribution < 1.29 is 4.79 Å². The van der Waals surface area contributed by atoms with E-state index in [1.807, 2.05) is 22.7 Å². The molecule has 1 heterocycles. The summed E-state index contributed by atoms with van der Waals surface area (Å²) in [5.74, 6) is 0.687. The maximum Gasteiger partial charge on any atom is 0.233 e. The molecule has 0 unspecified atom stereocenters. The van der Waals surface area contributed by atoms with Gasteiger partial charge in [0.05, 0.1) is 5.75 Å². The predicted octanol–water partition coefficient (Wildman–Crippen LogP) is 2.16. The molecule has 0 bridgehead atoms. The highest BCUT2D eigenvalue weighted by atomic mass is 32.2. The van der Waals surface area contributed by atoms with Crippen molar-refractivity contribution in [3.8, 4) is 0 Å². The van der Waals surface area contributed by atoms with Crippen LogP contribution in [0.4, 0.5) is 0 Å². The number of aryl methyl sites for hydroxylation is 1. The summed E-state index contributed by atoms with van der Waals surface area (Å²) in [6.07, 6.45) is 5.67. The molecule has 0 aliphatic heterocycles. The average Bonchev–Trinajstić information content (AvgIpc) is 2.71. The highest BCUT2D eigenvalue weighted by Gasteiger charge is 2.13. The first-order valence-electron chi connectivity index (χ1n) is 6.06. The molecule has 17 heavy (non-hydrogen) atoms. The van der Waals surface area contributed by atoms with Crippen LogP contribution in [0.15, 0.2) is 17.6 Å². The Morgan fingerprint density at radius 1 is 1.41 bits per heavy atom. The molecular weight excluding hydrogens is 234 g/mol. The molecule has 0 atom stereocenters. The Labute approximate surface area is 107 Å². The van der Waals surface area contributed by atoms with Gasteiger partial charge in [-0.3, -0.25) is 4.79 Å². The number of aromatic nitrogens is 2. The maximum absolute atomic E-state index is 12.0. The van der Waals surface area contributed by atoms with Crippen molar-refractivity contribution in [1.82, 2.24) is 14.5 Å². The Hall–Kier alpha value is -0.970. The lowest BCUT2D eigenvalue weighted by atomic mass is 10.3. The molecule has 0 N–H and O–H groups in total. The highest BCUT2D eigenvalue weighted by molar-refractivity contribution is 7.99. The highest BCUT2D eigenvalue weighted by Crippen LogP contribution is 2.15. The molecule has 1 rings (SSSR count). The van der Waals surface area contributed by atoms with E-state index in [1.165, 1.54) is 11.8 Å². The van der Waals surface area contributed by atoms with E-state index in [1.54, 1.807) is 6.20 Å². The number of hydrogen-bond donors (Lipinski definition) is 0. The number of rotatable bonds is 7. The first-order chi connectivity index (χ1) is 8.19. The van der Waals surface area contributed by atoms with Crippen LogP contribution in [0.2, 0.25) is 0 Å². The fourth-order valence-electron chi connectivity index (χ4n) is 1.61. The van der Waals surface area contributed by atoms with Crippen LogP contribution in [-0.4, -0.2) is 39.2 Å². The summed E-state index contributed by atoms with van der Waals surface area (Å²) < 4.78 is 1.93. The fraction of sp³-hybridized carbons (Fsp3) is 0.667.